The molecule has 0 unspecified atom stereocenters. The minimum Gasteiger partial charge on any atom is -0.330 e. The van der Waals surface area contributed by atoms with Crippen molar-refractivity contribution >= 4 is 34.8 Å². The van der Waals surface area contributed by atoms with Crippen molar-refractivity contribution in [2.24, 2.45) is 5.73 Å². The van der Waals surface area contributed by atoms with Gasteiger partial charge in [-0.3, -0.25) is 4.79 Å². The summed E-state index contributed by atoms with van der Waals surface area (Å²) in [5.74, 6) is -0.0420. The number of aromatic nitrogens is 2. The monoisotopic (exact) mass is 264 g/mol. The highest BCUT2D eigenvalue weighted by Gasteiger charge is 2.06. The molecule has 0 aliphatic heterocycles. The quantitative estimate of drug-likeness (QED) is 0.818. The van der Waals surface area contributed by atoms with Crippen LogP contribution in [0.15, 0.2) is 0 Å². The number of nitrogens with zero attached hydrogens (tertiary/aromatic N) is 2. The second-order valence-electron chi connectivity index (χ2n) is 3.19. The molecule has 1 amide bonds. The van der Waals surface area contributed by atoms with Crippen molar-refractivity contribution in [2.45, 2.75) is 32.6 Å². The van der Waals surface area contributed by atoms with Crippen molar-refractivity contribution in [1.82, 2.24) is 10.2 Å². The van der Waals surface area contributed by atoms with Gasteiger partial charge in [-0.1, -0.05) is 18.3 Å². The lowest BCUT2D eigenvalue weighted by Crippen LogP contribution is -2.13. The minimum absolute atomic E-state index is 0. The molecule has 0 spiro atoms. The Hall–Kier alpha value is -0.720. The Bertz CT molecular complexity index is 318. The molecule has 0 fully saturated rings. The molecule has 16 heavy (non-hydrogen) atoms. The third-order valence-corrected chi connectivity index (χ3v) is 2.68. The van der Waals surface area contributed by atoms with Crippen molar-refractivity contribution in [3.05, 3.63) is 5.01 Å². The van der Waals surface area contributed by atoms with E-state index in [9.17, 15) is 4.79 Å². The zero-order chi connectivity index (χ0) is 11.1. The Morgan fingerprint density at radius 1 is 1.50 bits per heavy atom. The van der Waals surface area contributed by atoms with Gasteiger partial charge in [-0.15, -0.1) is 22.6 Å². The van der Waals surface area contributed by atoms with Gasteiger partial charge >= 0.3 is 0 Å². The van der Waals surface area contributed by atoms with E-state index in [2.05, 4.69) is 22.4 Å². The highest BCUT2D eigenvalue weighted by Crippen LogP contribution is 2.16. The summed E-state index contributed by atoms with van der Waals surface area (Å²) in [5, 5.41) is 12.1. The maximum absolute atomic E-state index is 11.3. The first-order valence-corrected chi connectivity index (χ1v) is 5.90. The third-order valence-electron chi connectivity index (χ3n) is 1.79. The third kappa shape index (κ3) is 5.39. The van der Waals surface area contributed by atoms with Crippen LogP contribution in [0.4, 0.5) is 5.13 Å². The van der Waals surface area contributed by atoms with Crippen molar-refractivity contribution in [1.29, 1.82) is 0 Å². The van der Waals surface area contributed by atoms with Crippen molar-refractivity contribution in [3.63, 3.8) is 0 Å². The van der Waals surface area contributed by atoms with E-state index in [1.165, 1.54) is 11.3 Å². The van der Waals surface area contributed by atoms with E-state index < -0.39 is 0 Å². The first-order chi connectivity index (χ1) is 7.26. The van der Waals surface area contributed by atoms with E-state index in [-0.39, 0.29) is 18.3 Å². The van der Waals surface area contributed by atoms with E-state index in [0.29, 0.717) is 24.5 Å². The highest BCUT2D eigenvalue weighted by atomic mass is 35.5. The zero-order valence-corrected chi connectivity index (χ0v) is 10.9. The number of nitrogens with two attached hydrogens (primary N) is 1. The van der Waals surface area contributed by atoms with Gasteiger partial charge in [0.25, 0.3) is 0 Å². The number of rotatable bonds is 6. The molecule has 0 aromatic carbocycles. The summed E-state index contributed by atoms with van der Waals surface area (Å²) in [4.78, 5) is 11.3. The molecule has 92 valence electrons. The van der Waals surface area contributed by atoms with Crippen molar-refractivity contribution in [3.8, 4) is 0 Å². The number of anilines is 1. The SMILES string of the molecule is CCCc1nnc(NC(=O)CCCN)s1.Cl. The minimum atomic E-state index is -0.0420. The first-order valence-electron chi connectivity index (χ1n) is 5.08. The first kappa shape index (κ1) is 15.3. The largest absolute Gasteiger partial charge is 0.330 e. The molecular weight excluding hydrogens is 248 g/mol. The fourth-order valence-corrected chi connectivity index (χ4v) is 1.92. The maximum atomic E-state index is 11.3. The fourth-order valence-electron chi connectivity index (χ4n) is 1.06. The molecule has 1 heterocycles. The summed E-state index contributed by atoms with van der Waals surface area (Å²) in [5.41, 5.74) is 5.31. The second kappa shape index (κ2) is 8.43. The molecule has 0 radical (unpaired) electrons. The summed E-state index contributed by atoms with van der Waals surface area (Å²) in [7, 11) is 0. The lowest BCUT2D eigenvalue weighted by molar-refractivity contribution is -0.116. The summed E-state index contributed by atoms with van der Waals surface area (Å²) in [6.07, 6.45) is 3.09. The summed E-state index contributed by atoms with van der Waals surface area (Å²) in [6.45, 7) is 2.62. The van der Waals surface area contributed by atoms with Gasteiger partial charge < -0.3 is 11.1 Å². The Kier molecular flexibility index (Phi) is 8.05. The van der Waals surface area contributed by atoms with Gasteiger partial charge in [0.05, 0.1) is 0 Å². The average molecular weight is 265 g/mol. The van der Waals surface area contributed by atoms with Crippen LogP contribution in [0.3, 0.4) is 0 Å². The number of hydrogen-bond donors (Lipinski definition) is 2. The lowest BCUT2D eigenvalue weighted by atomic mass is 10.3. The number of aryl methyl sites for hydroxylation is 1. The van der Waals surface area contributed by atoms with Crippen molar-refractivity contribution < 1.29 is 4.79 Å². The van der Waals surface area contributed by atoms with Gasteiger partial charge in [0.1, 0.15) is 5.01 Å². The highest BCUT2D eigenvalue weighted by molar-refractivity contribution is 7.15. The average Bonchev–Trinajstić information content (AvgIpc) is 2.63. The number of carbonyl (C=O) groups excluding carboxylic acids is 1. The summed E-state index contributed by atoms with van der Waals surface area (Å²) >= 11 is 1.43. The van der Waals surface area contributed by atoms with E-state index in [0.717, 1.165) is 17.8 Å². The smallest absolute Gasteiger partial charge is 0.226 e. The van der Waals surface area contributed by atoms with Gasteiger partial charge in [-0.2, -0.15) is 0 Å². The molecule has 0 atom stereocenters. The topological polar surface area (TPSA) is 80.9 Å². The Balaban J connectivity index is 0.00000225. The van der Waals surface area contributed by atoms with Gasteiger partial charge in [0, 0.05) is 12.8 Å². The Morgan fingerprint density at radius 2 is 2.25 bits per heavy atom. The number of amides is 1. The van der Waals surface area contributed by atoms with Crippen LogP contribution in [0.5, 0.6) is 0 Å². The standard InChI is InChI=1S/C9H16N4OS.ClH/c1-2-4-8-12-13-9(15-8)11-7(14)5-3-6-10;/h2-6,10H2,1H3,(H,11,13,14);1H. The van der Waals surface area contributed by atoms with Gasteiger partial charge in [0.15, 0.2) is 0 Å². The molecular formula is C9H17ClN4OS. The van der Waals surface area contributed by atoms with Crippen LogP contribution >= 0.6 is 23.7 Å². The molecule has 0 aliphatic carbocycles. The van der Waals surface area contributed by atoms with Crippen LogP contribution in [0, 0.1) is 0 Å². The second-order valence-corrected chi connectivity index (χ2v) is 4.25. The molecule has 1 aromatic heterocycles. The van der Waals surface area contributed by atoms with E-state index in [1.807, 2.05) is 0 Å². The zero-order valence-electron chi connectivity index (χ0n) is 9.23. The predicted molar refractivity (Wildman–Crippen MR) is 68.1 cm³/mol. The van der Waals surface area contributed by atoms with Crippen LogP contribution < -0.4 is 11.1 Å². The van der Waals surface area contributed by atoms with Gasteiger partial charge in [-0.25, -0.2) is 0 Å². The van der Waals surface area contributed by atoms with Crippen LogP contribution in [0.1, 0.15) is 31.2 Å². The van der Waals surface area contributed by atoms with Crippen LogP contribution in [0.2, 0.25) is 0 Å². The number of nitrogens with one attached hydrogen (secondary N) is 1. The molecule has 0 bridgehead atoms. The molecule has 3 N–H and O–H groups in total. The molecule has 0 aliphatic rings. The molecule has 1 rings (SSSR count). The molecule has 1 aromatic rings. The summed E-state index contributed by atoms with van der Waals surface area (Å²) in [6, 6.07) is 0. The number of carbonyl (C=O) groups is 1. The Labute approximate surface area is 105 Å². The van der Waals surface area contributed by atoms with Gasteiger partial charge in [0.2, 0.25) is 11.0 Å². The van der Waals surface area contributed by atoms with Crippen molar-refractivity contribution in [2.75, 3.05) is 11.9 Å². The number of halogens is 1. The fraction of sp³-hybridized carbons (Fsp3) is 0.667. The normalized spacial score (nSPS) is 9.62. The van der Waals surface area contributed by atoms with Gasteiger partial charge in [-0.05, 0) is 19.4 Å². The van der Waals surface area contributed by atoms with E-state index >= 15 is 0 Å². The van der Waals surface area contributed by atoms with Crippen LogP contribution in [0.25, 0.3) is 0 Å². The molecule has 5 nitrogen and oxygen atoms in total. The number of hydrogen-bond acceptors (Lipinski definition) is 5. The molecule has 0 saturated heterocycles. The molecule has 0 saturated carbocycles. The van der Waals surface area contributed by atoms with Crippen LogP contribution in [-0.4, -0.2) is 22.6 Å². The Morgan fingerprint density at radius 3 is 2.88 bits per heavy atom. The van der Waals surface area contributed by atoms with E-state index in [1.54, 1.807) is 0 Å². The summed E-state index contributed by atoms with van der Waals surface area (Å²) < 4.78 is 0. The lowest BCUT2D eigenvalue weighted by Gasteiger charge is -1.98. The van der Waals surface area contributed by atoms with Crippen LogP contribution in [-0.2, 0) is 11.2 Å². The predicted octanol–water partition coefficient (Wildman–Crippen LogP) is 1.59. The maximum Gasteiger partial charge on any atom is 0.226 e. The molecule has 7 heteroatoms. The van der Waals surface area contributed by atoms with E-state index in [4.69, 9.17) is 5.73 Å².